The zero-order valence-corrected chi connectivity index (χ0v) is 13.2. The van der Waals surface area contributed by atoms with Gasteiger partial charge in [0.25, 0.3) is 0 Å². The zero-order chi connectivity index (χ0) is 14.8. The fourth-order valence-corrected chi connectivity index (χ4v) is 2.47. The Balaban J connectivity index is 2.24. The Labute approximate surface area is 122 Å². The summed E-state index contributed by atoms with van der Waals surface area (Å²) in [6, 6.07) is 6.08. The van der Waals surface area contributed by atoms with E-state index in [-0.39, 0.29) is 11.4 Å². The van der Waals surface area contributed by atoms with Crippen LogP contribution in [0.5, 0.6) is 0 Å². The maximum Gasteiger partial charge on any atom is 0.129 e. The van der Waals surface area contributed by atoms with Gasteiger partial charge in [-0.3, -0.25) is 0 Å². The Kier molecular flexibility index (Phi) is 4.69. The smallest absolute Gasteiger partial charge is 0.129 e. The molecule has 1 aliphatic carbocycles. The summed E-state index contributed by atoms with van der Waals surface area (Å²) in [7, 11) is 0. The summed E-state index contributed by atoms with van der Waals surface area (Å²) in [5.74, 6) is -0.0963. The predicted molar refractivity (Wildman–Crippen MR) is 83.7 cm³/mol. The van der Waals surface area contributed by atoms with Gasteiger partial charge in [0, 0.05) is 35.9 Å². The Morgan fingerprint density at radius 3 is 2.55 bits per heavy atom. The predicted octanol–water partition coefficient (Wildman–Crippen LogP) is 4.09. The van der Waals surface area contributed by atoms with E-state index in [0.717, 1.165) is 24.2 Å². The van der Waals surface area contributed by atoms with Crippen molar-refractivity contribution in [3.8, 4) is 0 Å². The molecule has 1 saturated carbocycles. The highest BCUT2D eigenvalue weighted by molar-refractivity contribution is 5.56. The van der Waals surface area contributed by atoms with Crippen molar-refractivity contribution in [3.63, 3.8) is 0 Å². The Morgan fingerprint density at radius 2 is 2.00 bits per heavy atom. The van der Waals surface area contributed by atoms with Gasteiger partial charge in [0.2, 0.25) is 0 Å². The fraction of sp³-hybridized carbons (Fsp3) is 0.647. The van der Waals surface area contributed by atoms with Crippen molar-refractivity contribution in [3.05, 3.63) is 29.6 Å². The monoisotopic (exact) mass is 278 g/mol. The van der Waals surface area contributed by atoms with E-state index in [1.807, 2.05) is 6.07 Å². The lowest BCUT2D eigenvalue weighted by atomic mass is 10.1. The molecule has 0 amide bonds. The molecular weight excluding hydrogens is 251 g/mol. The second kappa shape index (κ2) is 6.13. The van der Waals surface area contributed by atoms with Crippen LogP contribution in [0.3, 0.4) is 0 Å². The van der Waals surface area contributed by atoms with Gasteiger partial charge in [0.05, 0.1) is 0 Å². The van der Waals surface area contributed by atoms with Crippen LogP contribution in [0.4, 0.5) is 10.1 Å². The van der Waals surface area contributed by atoms with Crippen molar-refractivity contribution < 1.29 is 4.39 Å². The molecule has 1 aliphatic rings. The number of benzene rings is 1. The lowest BCUT2D eigenvalue weighted by Crippen LogP contribution is -2.36. The Bertz CT molecular complexity index is 447. The van der Waals surface area contributed by atoms with E-state index in [4.69, 9.17) is 0 Å². The number of hydrogen-bond acceptors (Lipinski definition) is 2. The molecule has 0 unspecified atom stereocenters. The molecule has 0 bridgehead atoms. The molecule has 0 saturated heterocycles. The summed E-state index contributed by atoms with van der Waals surface area (Å²) < 4.78 is 14.2. The highest BCUT2D eigenvalue weighted by Gasteiger charge is 2.30. The first-order valence-electron chi connectivity index (χ1n) is 7.71. The molecule has 1 aromatic carbocycles. The molecule has 0 aliphatic heterocycles. The third-order valence-corrected chi connectivity index (χ3v) is 3.65. The third kappa shape index (κ3) is 3.95. The summed E-state index contributed by atoms with van der Waals surface area (Å²) >= 11 is 0. The molecule has 2 nitrogen and oxygen atoms in total. The van der Waals surface area contributed by atoms with Gasteiger partial charge in [-0.15, -0.1) is 0 Å². The first-order chi connectivity index (χ1) is 9.42. The van der Waals surface area contributed by atoms with Gasteiger partial charge in [-0.2, -0.15) is 0 Å². The van der Waals surface area contributed by atoms with E-state index in [0.29, 0.717) is 12.6 Å². The normalized spacial score (nSPS) is 15.4. The van der Waals surface area contributed by atoms with Crippen LogP contribution in [0.15, 0.2) is 18.2 Å². The average molecular weight is 278 g/mol. The number of nitrogens with zero attached hydrogens (tertiary/aromatic N) is 1. The van der Waals surface area contributed by atoms with Crippen molar-refractivity contribution in [2.45, 2.75) is 65.1 Å². The first-order valence-corrected chi connectivity index (χ1v) is 7.71. The van der Waals surface area contributed by atoms with Crippen molar-refractivity contribution in [1.29, 1.82) is 0 Å². The molecule has 1 aromatic rings. The van der Waals surface area contributed by atoms with Gasteiger partial charge < -0.3 is 10.2 Å². The standard InChI is InChI=1S/C17H27FN2/c1-5-11-20(13-9-10-13)16-8-6-7-15(18)14(16)12-19-17(2,3)4/h6-8,13,19H,5,9-12H2,1-4H3. The highest BCUT2D eigenvalue weighted by Crippen LogP contribution is 2.34. The topological polar surface area (TPSA) is 15.3 Å². The van der Waals surface area contributed by atoms with Crippen LogP contribution >= 0.6 is 0 Å². The molecule has 0 spiro atoms. The number of nitrogens with one attached hydrogen (secondary N) is 1. The van der Waals surface area contributed by atoms with E-state index in [1.54, 1.807) is 6.07 Å². The number of anilines is 1. The average Bonchev–Trinajstić information content (AvgIpc) is 3.17. The molecular formula is C17H27FN2. The number of hydrogen-bond donors (Lipinski definition) is 1. The minimum absolute atomic E-state index is 0.00524. The minimum atomic E-state index is -0.0963. The van der Waals surface area contributed by atoms with E-state index >= 15 is 0 Å². The number of rotatable bonds is 6. The molecule has 0 atom stereocenters. The van der Waals surface area contributed by atoms with E-state index in [9.17, 15) is 4.39 Å². The van der Waals surface area contributed by atoms with Crippen LogP contribution in [0.25, 0.3) is 0 Å². The molecule has 2 rings (SSSR count). The van der Waals surface area contributed by atoms with Gasteiger partial charge in [-0.25, -0.2) is 4.39 Å². The maximum absolute atomic E-state index is 14.2. The van der Waals surface area contributed by atoms with Crippen molar-refractivity contribution in [1.82, 2.24) is 5.32 Å². The van der Waals surface area contributed by atoms with E-state index in [2.05, 4.69) is 44.0 Å². The van der Waals surface area contributed by atoms with Crippen molar-refractivity contribution in [2.24, 2.45) is 0 Å². The molecule has 20 heavy (non-hydrogen) atoms. The quantitative estimate of drug-likeness (QED) is 0.843. The SMILES string of the molecule is CCCN(c1cccc(F)c1CNC(C)(C)C)C1CC1. The lowest BCUT2D eigenvalue weighted by molar-refractivity contribution is 0.418. The second-order valence-electron chi connectivity index (χ2n) is 6.77. The zero-order valence-electron chi connectivity index (χ0n) is 13.2. The minimum Gasteiger partial charge on any atom is -0.368 e. The fourth-order valence-electron chi connectivity index (χ4n) is 2.47. The third-order valence-electron chi connectivity index (χ3n) is 3.65. The van der Waals surface area contributed by atoms with Gasteiger partial charge in [-0.1, -0.05) is 13.0 Å². The van der Waals surface area contributed by atoms with Crippen LogP contribution in [0, 0.1) is 5.82 Å². The molecule has 1 N–H and O–H groups in total. The van der Waals surface area contributed by atoms with E-state index in [1.165, 1.54) is 12.8 Å². The van der Waals surface area contributed by atoms with Crippen LogP contribution < -0.4 is 10.2 Å². The van der Waals surface area contributed by atoms with Gasteiger partial charge in [-0.05, 0) is 52.2 Å². The largest absolute Gasteiger partial charge is 0.368 e. The van der Waals surface area contributed by atoms with Crippen LogP contribution in [0.2, 0.25) is 0 Å². The van der Waals surface area contributed by atoms with Crippen LogP contribution in [-0.2, 0) is 6.54 Å². The first kappa shape index (κ1) is 15.3. The highest BCUT2D eigenvalue weighted by atomic mass is 19.1. The molecule has 3 heteroatoms. The van der Waals surface area contributed by atoms with Gasteiger partial charge >= 0.3 is 0 Å². The second-order valence-corrected chi connectivity index (χ2v) is 6.77. The van der Waals surface area contributed by atoms with Gasteiger partial charge in [0.1, 0.15) is 5.82 Å². The molecule has 0 aromatic heterocycles. The number of halogens is 1. The summed E-state index contributed by atoms with van der Waals surface area (Å²) in [6.07, 6.45) is 3.57. The van der Waals surface area contributed by atoms with Crippen molar-refractivity contribution >= 4 is 5.69 Å². The van der Waals surface area contributed by atoms with Crippen molar-refractivity contribution in [2.75, 3.05) is 11.4 Å². The summed E-state index contributed by atoms with van der Waals surface area (Å²) in [6.45, 7) is 10.1. The maximum atomic E-state index is 14.2. The van der Waals surface area contributed by atoms with Gasteiger partial charge in [0.15, 0.2) is 0 Å². The van der Waals surface area contributed by atoms with Crippen LogP contribution in [-0.4, -0.2) is 18.1 Å². The Hall–Kier alpha value is -1.09. The lowest BCUT2D eigenvalue weighted by Gasteiger charge is -2.28. The summed E-state index contributed by atoms with van der Waals surface area (Å²) in [4.78, 5) is 2.39. The summed E-state index contributed by atoms with van der Waals surface area (Å²) in [5, 5.41) is 3.41. The molecule has 112 valence electrons. The Morgan fingerprint density at radius 1 is 1.30 bits per heavy atom. The van der Waals surface area contributed by atoms with Crippen LogP contribution in [0.1, 0.15) is 52.5 Å². The molecule has 0 radical (unpaired) electrons. The molecule has 1 fully saturated rings. The summed E-state index contributed by atoms with van der Waals surface area (Å²) in [5.41, 5.74) is 1.88. The van der Waals surface area contributed by atoms with E-state index < -0.39 is 0 Å². The molecule has 0 heterocycles.